The molecule has 1 amide bonds. The Morgan fingerprint density at radius 2 is 2.00 bits per heavy atom. The molecule has 6 heteroatoms. The molecule has 0 saturated carbocycles. The summed E-state index contributed by atoms with van der Waals surface area (Å²) in [6, 6.07) is 9.09. The number of amides is 1. The van der Waals surface area contributed by atoms with Crippen molar-refractivity contribution in [1.82, 2.24) is 0 Å². The Morgan fingerprint density at radius 1 is 1.27 bits per heavy atom. The Kier molecular flexibility index (Phi) is 3.39. The van der Waals surface area contributed by atoms with E-state index in [4.69, 9.17) is 17.3 Å². The first-order chi connectivity index (χ1) is 10.4. The van der Waals surface area contributed by atoms with Crippen LogP contribution in [0.15, 0.2) is 36.4 Å². The van der Waals surface area contributed by atoms with Gasteiger partial charge in [0.2, 0.25) is 0 Å². The number of hydrogen-bond donors (Lipinski definition) is 2. The summed E-state index contributed by atoms with van der Waals surface area (Å²) in [5, 5.41) is 9.74. The molecule has 0 aliphatic carbocycles. The van der Waals surface area contributed by atoms with Crippen molar-refractivity contribution in [1.29, 1.82) is 0 Å². The Balaban J connectivity index is 2.16. The van der Waals surface area contributed by atoms with Crippen LogP contribution < -0.4 is 10.6 Å². The van der Waals surface area contributed by atoms with Gasteiger partial charge in [0.15, 0.2) is 0 Å². The number of nitrogens with zero attached hydrogens (tertiary/aromatic N) is 1. The minimum atomic E-state index is -1.04. The average Bonchev–Trinajstić information content (AvgIpc) is 2.72. The van der Waals surface area contributed by atoms with Crippen LogP contribution in [0, 0.1) is 6.92 Å². The zero-order valence-electron chi connectivity index (χ0n) is 11.7. The Labute approximate surface area is 131 Å². The SMILES string of the molecule is Cc1ccc(N2C(=O)C(N)c3cc(Cl)ccc32)cc1C(=O)O. The molecule has 112 valence electrons. The van der Waals surface area contributed by atoms with E-state index in [-0.39, 0.29) is 11.5 Å². The lowest BCUT2D eigenvalue weighted by Gasteiger charge is -2.19. The van der Waals surface area contributed by atoms with Crippen molar-refractivity contribution in [3.05, 3.63) is 58.1 Å². The van der Waals surface area contributed by atoms with Crippen LogP contribution in [0.3, 0.4) is 0 Å². The molecule has 0 fully saturated rings. The van der Waals surface area contributed by atoms with Crippen molar-refractivity contribution < 1.29 is 14.7 Å². The quantitative estimate of drug-likeness (QED) is 0.892. The first-order valence-electron chi connectivity index (χ1n) is 6.63. The van der Waals surface area contributed by atoms with E-state index >= 15 is 0 Å². The van der Waals surface area contributed by atoms with E-state index < -0.39 is 12.0 Å². The van der Waals surface area contributed by atoms with Crippen molar-refractivity contribution in [2.45, 2.75) is 13.0 Å². The van der Waals surface area contributed by atoms with Crippen molar-refractivity contribution in [2.24, 2.45) is 5.73 Å². The number of fused-ring (bicyclic) bond motifs is 1. The number of carbonyl (C=O) groups is 2. The summed E-state index contributed by atoms with van der Waals surface area (Å²) in [5.41, 5.74) is 8.47. The molecule has 0 aromatic heterocycles. The molecule has 3 N–H and O–H groups in total. The van der Waals surface area contributed by atoms with Crippen molar-refractivity contribution in [3.63, 3.8) is 0 Å². The van der Waals surface area contributed by atoms with Gasteiger partial charge in [-0.15, -0.1) is 0 Å². The highest BCUT2D eigenvalue weighted by molar-refractivity contribution is 6.31. The van der Waals surface area contributed by atoms with Gasteiger partial charge in [0.05, 0.1) is 11.3 Å². The number of nitrogens with two attached hydrogens (primary N) is 1. The first kappa shape index (κ1) is 14.6. The second-order valence-corrected chi connectivity index (χ2v) is 5.60. The molecule has 2 aromatic carbocycles. The fourth-order valence-corrected chi connectivity index (χ4v) is 2.80. The number of benzene rings is 2. The maximum Gasteiger partial charge on any atom is 0.336 e. The van der Waals surface area contributed by atoms with Crippen LogP contribution in [0.25, 0.3) is 0 Å². The number of halogens is 1. The molecular formula is C16H13ClN2O3. The van der Waals surface area contributed by atoms with Gasteiger partial charge in [-0.2, -0.15) is 0 Å². The summed E-state index contributed by atoms with van der Waals surface area (Å²) < 4.78 is 0. The van der Waals surface area contributed by atoms with E-state index in [2.05, 4.69) is 0 Å². The van der Waals surface area contributed by atoms with Gasteiger partial charge in [0.1, 0.15) is 6.04 Å². The van der Waals surface area contributed by atoms with Crippen LogP contribution in [0.2, 0.25) is 5.02 Å². The normalized spacial score (nSPS) is 16.8. The van der Waals surface area contributed by atoms with Gasteiger partial charge in [0, 0.05) is 16.3 Å². The number of anilines is 2. The summed E-state index contributed by atoms with van der Waals surface area (Å²) in [6.45, 7) is 1.71. The molecule has 1 aliphatic rings. The summed E-state index contributed by atoms with van der Waals surface area (Å²) in [7, 11) is 0. The Bertz CT molecular complexity index is 804. The Morgan fingerprint density at radius 3 is 2.68 bits per heavy atom. The number of aromatic carboxylic acids is 1. The van der Waals surface area contributed by atoms with Crippen molar-refractivity contribution >= 4 is 34.9 Å². The van der Waals surface area contributed by atoms with Gasteiger partial charge in [0.25, 0.3) is 5.91 Å². The molecule has 0 spiro atoms. The minimum absolute atomic E-state index is 0.154. The third kappa shape index (κ3) is 2.15. The molecule has 0 bridgehead atoms. The molecule has 0 radical (unpaired) electrons. The molecule has 1 unspecified atom stereocenters. The summed E-state index contributed by atoms with van der Waals surface area (Å²) in [6.07, 6.45) is 0. The molecule has 0 saturated heterocycles. The third-order valence-electron chi connectivity index (χ3n) is 3.76. The standard InChI is InChI=1S/C16H13ClN2O3/c1-8-2-4-10(7-11(8)16(21)22)19-13-5-3-9(17)6-12(13)14(18)15(19)20/h2-7,14H,18H2,1H3,(H,21,22). The average molecular weight is 317 g/mol. The number of carboxylic acids is 1. The maximum atomic E-state index is 12.5. The smallest absolute Gasteiger partial charge is 0.336 e. The zero-order chi connectivity index (χ0) is 16.0. The molecular weight excluding hydrogens is 304 g/mol. The highest BCUT2D eigenvalue weighted by Gasteiger charge is 2.36. The van der Waals surface area contributed by atoms with Crippen molar-refractivity contribution in [2.75, 3.05) is 4.90 Å². The molecule has 5 nitrogen and oxygen atoms in total. The van der Waals surface area contributed by atoms with E-state index in [1.165, 1.54) is 11.0 Å². The van der Waals surface area contributed by atoms with Gasteiger partial charge >= 0.3 is 5.97 Å². The van der Waals surface area contributed by atoms with E-state index in [9.17, 15) is 14.7 Å². The second-order valence-electron chi connectivity index (χ2n) is 5.16. The predicted octanol–water partition coefficient (Wildman–Crippen LogP) is 3.02. The van der Waals surface area contributed by atoms with Crippen LogP contribution in [-0.2, 0) is 4.79 Å². The fraction of sp³-hybridized carbons (Fsp3) is 0.125. The van der Waals surface area contributed by atoms with E-state index in [0.717, 1.165) is 0 Å². The molecule has 22 heavy (non-hydrogen) atoms. The van der Waals surface area contributed by atoms with Crippen LogP contribution in [0.5, 0.6) is 0 Å². The van der Waals surface area contributed by atoms with Gasteiger partial charge < -0.3 is 10.8 Å². The number of carbonyl (C=O) groups excluding carboxylic acids is 1. The van der Waals surface area contributed by atoms with E-state index in [1.807, 2.05) is 0 Å². The molecule has 1 heterocycles. The lowest BCUT2D eigenvalue weighted by molar-refractivity contribution is -0.118. The lowest BCUT2D eigenvalue weighted by atomic mass is 10.1. The summed E-state index contributed by atoms with van der Waals surface area (Å²) in [4.78, 5) is 25.2. The minimum Gasteiger partial charge on any atom is -0.478 e. The summed E-state index contributed by atoms with van der Waals surface area (Å²) >= 11 is 5.95. The monoisotopic (exact) mass is 316 g/mol. The first-order valence-corrected chi connectivity index (χ1v) is 7.01. The summed E-state index contributed by atoms with van der Waals surface area (Å²) in [5.74, 6) is -1.34. The largest absolute Gasteiger partial charge is 0.478 e. The van der Waals surface area contributed by atoms with Crippen molar-refractivity contribution in [3.8, 4) is 0 Å². The molecule has 2 aromatic rings. The number of hydrogen-bond acceptors (Lipinski definition) is 3. The fourth-order valence-electron chi connectivity index (χ4n) is 2.61. The van der Waals surface area contributed by atoms with Crippen LogP contribution in [-0.4, -0.2) is 17.0 Å². The molecule has 3 rings (SSSR count). The molecule has 1 aliphatic heterocycles. The highest BCUT2D eigenvalue weighted by Crippen LogP contribution is 2.41. The second kappa shape index (κ2) is 5.12. The maximum absolute atomic E-state index is 12.5. The van der Waals surface area contributed by atoms with Gasteiger partial charge in [-0.1, -0.05) is 17.7 Å². The van der Waals surface area contributed by atoms with E-state index in [1.54, 1.807) is 37.3 Å². The Hall–Kier alpha value is -2.37. The lowest BCUT2D eigenvalue weighted by Crippen LogP contribution is -2.28. The number of carboxylic acid groups (broad SMARTS) is 1. The topological polar surface area (TPSA) is 83.6 Å². The van der Waals surface area contributed by atoms with Gasteiger partial charge in [-0.3, -0.25) is 9.69 Å². The molecule has 1 atom stereocenters. The zero-order valence-corrected chi connectivity index (χ0v) is 12.5. The predicted molar refractivity (Wildman–Crippen MR) is 83.7 cm³/mol. The van der Waals surface area contributed by atoms with Gasteiger partial charge in [-0.25, -0.2) is 4.79 Å². The highest BCUT2D eigenvalue weighted by atomic mass is 35.5. The number of rotatable bonds is 2. The number of aryl methyl sites for hydroxylation is 1. The van der Waals surface area contributed by atoms with Crippen LogP contribution in [0.4, 0.5) is 11.4 Å². The van der Waals surface area contributed by atoms with Crippen LogP contribution >= 0.6 is 11.6 Å². The third-order valence-corrected chi connectivity index (χ3v) is 4.00. The van der Waals surface area contributed by atoms with E-state index in [0.29, 0.717) is 27.5 Å². The van der Waals surface area contributed by atoms with Gasteiger partial charge in [-0.05, 0) is 42.8 Å². The van der Waals surface area contributed by atoms with Crippen LogP contribution in [0.1, 0.15) is 27.5 Å².